The Morgan fingerprint density at radius 3 is 2.64 bits per heavy atom. The highest BCUT2D eigenvalue weighted by Crippen LogP contribution is 2.37. The van der Waals surface area contributed by atoms with E-state index in [2.05, 4.69) is 69.4 Å². The molecule has 0 aliphatic carbocycles. The molecule has 2 nitrogen and oxygen atoms in total. The Balaban J connectivity index is 0.000000146. The monoisotopic (exact) mass is 337 g/mol. The fourth-order valence-electron chi connectivity index (χ4n) is 3.74. The number of ether oxygens (including phenoxy) is 1. The molecule has 0 spiro atoms. The average Bonchev–Trinajstić information content (AvgIpc) is 3.27. The van der Waals surface area contributed by atoms with Gasteiger partial charge in [-0.1, -0.05) is 64.1 Å². The minimum absolute atomic E-state index is 0.598. The Morgan fingerprint density at radius 1 is 1.08 bits per heavy atom. The van der Waals surface area contributed by atoms with Gasteiger partial charge in [0.05, 0.1) is 6.61 Å². The van der Waals surface area contributed by atoms with E-state index in [0.29, 0.717) is 17.8 Å². The van der Waals surface area contributed by atoms with Gasteiger partial charge < -0.3 is 10.1 Å². The summed E-state index contributed by atoms with van der Waals surface area (Å²) in [5, 5.41) is 3.48. The number of nitrogens with one attached hydrogen (secondary N) is 1. The van der Waals surface area contributed by atoms with Crippen LogP contribution in [0.15, 0.2) is 42.5 Å². The molecule has 2 atom stereocenters. The van der Waals surface area contributed by atoms with E-state index in [-0.39, 0.29) is 0 Å². The molecule has 25 heavy (non-hydrogen) atoms. The zero-order chi connectivity index (χ0) is 17.8. The van der Waals surface area contributed by atoms with E-state index in [1.54, 1.807) is 0 Å². The van der Waals surface area contributed by atoms with Gasteiger partial charge in [-0.25, -0.2) is 0 Å². The van der Waals surface area contributed by atoms with Crippen LogP contribution in [0.1, 0.15) is 62.6 Å². The van der Waals surface area contributed by atoms with Gasteiger partial charge in [0.25, 0.3) is 0 Å². The van der Waals surface area contributed by atoms with Crippen LogP contribution in [0.3, 0.4) is 0 Å². The van der Waals surface area contributed by atoms with Gasteiger partial charge in [0, 0.05) is 23.7 Å². The molecule has 0 radical (unpaired) electrons. The lowest BCUT2D eigenvalue weighted by Gasteiger charge is -2.14. The third-order valence-corrected chi connectivity index (χ3v) is 5.56. The van der Waals surface area contributed by atoms with Crippen molar-refractivity contribution in [1.29, 1.82) is 0 Å². The Hall–Kier alpha value is -1.96. The summed E-state index contributed by atoms with van der Waals surface area (Å²) in [6.45, 7) is 11.0. The minimum Gasteiger partial charge on any atom is -0.493 e. The van der Waals surface area contributed by atoms with Crippen LogP contribution < -0.4 is 10.1 Å². The van der Waals surface area contributed by atoms with Crippen molar-refractivity contribution in [2.75, 3.05) is 18.5 Å². The Labute approximate surface area is 152 Å². The van der Waals surface area contributed by atoms with Crippen LogP contribution in [-0.4, -0.2) is 13.2 Å². The maximum absolute atomic E-state index is 5.57. The van der Waals surface area contributed by atoms with Gasteiger partial charge in [0.1, 0.15) is 5.75 Å². The summed E-state index contributed by atoms with van der Waals surface area (Å²) in [7, 11) is 0. The molecule has 0 amide bonds. The molecule has 0 saturated carbocycles. The Kier molecular flexibility index (Phi) is 5.67. The Morgan fingerprint density at radius 2 is 1.88 bits per heavy atom. The highest BCUT2D eigenvalue weighted by atomic mass is 16.5. The van der Waals surface area contributed by atoms with Crippen LogP contribution in [-0.2, 0) is 6.42 Å². The quantitative estimate of drug-likeness (QED) is 0.743. The standard InChI is InChI=1S/C12H17N.C11H14O/c1-3-9(2)11-6-4-5-10-7-8-13-12(10)11;1-8(2)10-7-12-11-6-4-3-5-9(10)11/h4-6,9,13H,3,7-8H2,1-2H3;3-6,8,10H,7H2,1-2H3. The number of benzene rings is 2. The molecular formula is C23H31NO. The molecule has 0 aromatic heterocycles. The summed E-state index contributed by atoms with van der Waals surface area (Å²) in [6.07, 6.45) is 2.41. The molecule has 2 aliphatic heterocycles. The maximum atomic E-state index is 5.57. The smallest absolute Gasteiger partial charge is 0.122 e. The minimum atomic E-state index is 0.598. The van der Waals surface area contributed by atoms with E-state index in [1.165, 1.54) is 35.2 Å². The van der Waals surface area contributed by atoms with E-state index in [4.69, 9.17) is 4.74 Å². The lowest BCUT2D eigenvalue weighted by atomic mass is 9.90. The van der Waals surface area contributed by atoms with Crippen molar-refractivity contribution in [2.45, 2.75) is 52.4 Å². The van der Waals surface area contributed by atoms with Gasteiger partial charge in [-0.15, -0.1) is 0 Å². The summed E-state index contributed by atoms with van der Waals surface area (Å²) in [5.41, 5.74) is 5.79. The van der Waals surface area contributed by atoms with Crippen molar-refractivity contribution < 1.29 is 4.74 Å². The fraction of sp³-hybridized carbons (Fsp3) is 0.478. The highest BCUT2D eigenvalue weighted by Gasteiger charge is 2.25. The first-order valence-electron chi connectivity index (χ1n) is 9.69. The van der Waals surface area contributed by atoms with Crippen molar-refractivity contribution in [3.63, 3.8) is 0 Å². The van der Waals surface area contributed by atoms with E-state index in [1.807, 2.05) is 6.07 Å². The van der Waals surface area contributed by atoms with Crippen LogP contribution in [0.5, 0.6) is 5.75 Å². The van der Waals surface area contributed by atoms with E-state index in [0.717, 1.165) is 18.9 Å². The van der Waals surface area contributed by atoms with Gasteiger partial charge in [-0.05, 0) is 41.9 Å². The molecule has 0 bridgehead atoms. The van der Waals surface area contributed by atoms with Crippen LogP contribution >= 0.6 is 0 Å². The molecule has 1 N–H and O–H groups in total. The molecule has 2 aliphatic rings. The van der Waals surface area contributed by atoms with E-state index in [9.17, 15) is 0 Å². The summed E-state index contributed by atoms with van der Waals surface area (Å²) in [5.74, 6) is 3.03. The summed E-state index contributed by atoms with van der Waals surface area (Å²) >= 11 is 0. The topological polar surface area (TPSA) is 21.3 Å². The number of rotatable bonds is 3. The second kappa shape index (κ2) is 7.95. The summed E-state index contributed by atoms with van der Waals surface area (Å²) < 4.78 is 5.57. The van der Waals surface area contributed by atoms with Crippen molar-refractivity contribution in [1.82, 2.24) is 0 Å². The number of fused-ring (bicyclic) bond motifs is 2. The molecular weight excluding hydrogens is 306 g/mol. The molecule has 2 aromatic rings. The molecule has 0 fully saturated rings. The van der Waals surface area contributed by atoms with Crippen LogP contribution in [0.2, 0.25) is 0 Å². The van der Waals surface area contributed by atoms with Gasteiger partial charge in [-0.2, -0.15) is 0 Å². The highest BCUT2D eigenvalue weighted by molar-refractivity contribution is 5.62. The van der Waals surface area contributed by atoms with Crippen molar-refractivity contribution >= 4 is 5.69 Å². The third kappa shape index (κ3) is 3.84. The van der Waals surface area contributed by atoms with Crippen LogP contribution in [0.25, 0.3) is 0 Å². The first-order chi connectivity index (χ1) is 12.1. The van der Waals surface area contributed by atoms with Gasteiger partial charge in [-0.3, -0.25) is 0 Å². The van der Waals surface area contributed by atoms with Gasteiger partial charge >= 0.3 is 0 Å². The average molecular weight is 338 g/mol. The first kappa shape index (κ1) is 17.8. The van der Waals surface area contributed by atoms with Crippen molar-refractivity contribution in [3.05, 3.63) is 59.2 Å². The molecule has 0 saturated heterocycles. The lowest BCUT2D eigenvalue weighted by Crippen LogP contribution is -2.07. The van der Waals surface area contributed by atoms with Crippen LogP contribution in [0, 0.1) is 5.92 Å². The second-order valence-electron chi connectivity index (χ2n) is 7.57. The van der Waals surface area contributed by atoms with Crippen LogP contribution in [0.4, 0.5) is 5.69 Å². The normalized spacial score (nSPS) is 18.5. The van der Waals surface area contributed by atoms with E-state index < -0.39 is 0 Å². The Bertz CT molecular complexity index is 707. The summed E-state index contributed by atoms with van der Waals surface area (Å²) in [4.78, 5) is 0. The maximum Gasteiger partial charge on any atom is 0.122 e. The number of hydrogen-bond acceptors (Lipinski definition) is 2. The van der Waals surface area contributed by atoms with E-state index >= 15 is 0 Å². The zero-order valence-electron chi connectivity index (χ0n) is 16.0. The molecule has 2 heteroatoms. The molecule has 2 heterocycles. The number of para-hydroxylation sites is 2. The fourth-order valence-corrected chi connectivity index (χ4v) is 3.74. The lowest BCUT2D eigenvalue weighted by molar-refractivity contribution is 0.304. The molecule has 2 aromatic carbocycles. The number of anilines is 1. The molecule has 134 valence electrons. The summed E-state index contributed by atoms with van der Waals surface area (Å²) in [6, 6.07) is 15.0. The van der Waals surface area contributed by atoms with Gasteiger partial charge in [0.15, 0.2) is 0 Å². The SMILES string of the molecule is CC(C)C1COc2ccccc21.CCC(C)c1cccc2c1NCC2. The van der Waals surface area contributed by atoms with Crippen molar-refractivity contribution in [3.8, 4) is 5.75 Å². The predicted molar refractivity (Wildman–Crippen MR) is 107 cm³/mol. The number of hydrogen-bond donors (Lipinski definition) is 1. The third-order valence-electron chi connectivity index (χ3n) is 5.56. The molecule has 4 rings (SSSR count). The largest absolute Gasteiger partial charge is 0.493 e. The van der Waals surface area contributed by atoms with Gasteiger partial charge in [0.2, 0.25) is 0 Å². The van der Waals surface area contributed by atoms with Crippen molar-refractivity contribution in [2.24, 2.45) is 5.92 Å². The first-order valence-corrected chi connectivity index (χ1v) is 9.69. The molecule has 2 unspecified atom stereocenters. The predicted octanol–water partition coefficient (Wildman–Crippen LogP) is 5.99. The second-order valence-corrected chi connectivity index (χ2v) is 7.57. The zero-order valence-corrected chi connectivity index (χ0v) is 16.0.